The summed E-state index contributed by atoms with van der Waals surface area (Å²) in [4.78, 5) is 2.52. The van der Waals surface area contributed by atoms with Gasteiger partial charge in [-0.1, -0.05) is 27.2 Å². The molecule has 1 atom stereocenters. The molecule has 1 aliphatic heterocycles. The van der Waals surface area contributed by atoms with Crippen LogP contribution in [0.1, 0.15) is 40.0 Å². The highest BCUT2D eigenvalue weighted by atomic mass is 16.5. The van der Waals surface area contributed by atoms with Gasteiger partial charge in [-0.05, 0) is 24.2 Å². The predicted molar refractivity (Wildman–Crippen MR) is 65.1 cm³/mol. The van der Waals surface area contributed by atoms with Crippen LogP contribution in [-0.2, 0) is 4.74 Å². The SMILES string of the molecule is CCC(C)CC1(CC)CN(CCOC)C1. The molecule has 0 aromatic heterocycles. The van der Waals surface area contributed by atoms with Crippen molar-refractivity contribution in [1.82, 2.24) is 4.90 Å². The van der Waals surface area contributed by atoms with Gasteiger partial charge in [0.15, 0.2) is 0 Å². The van der Waals surface area contributed by atoms with Crippen LogP contribution in [0.4, 0.5) is 0 Å². The zero-order valence-electron chi connectivity index (χ0n) is 10.9. The summed E-state index contributed by atoms with van der Waals surface area (Å²) in [6.07, 6.45) is 4.06. The Kier molecular flexibility index (Phi) is 5.07. The third-order valence-corrected chi connectivity index (χ3v) is 3.96. The van der Waals surface area contributed by atoms with E-state index in [4.69, 9.17) is 4.74 Å². The van der Waals surface area contributed by atoms with Crippen LogP contribution in [0.2, 0.25) is 0 Å². The summed E-state index contributed by atoms with van der Waals surface area (Å²) < 4.78 is 5.11. The van der Waals surface area contributed by atoms with E-state index in [2.05, 4.69) is 25.7 Å². The number of nitrogens with zero attached hydrogens (tertiary/aromatic N) is 1. The predicted octanol–water partition coefficient (Wildman–Crippen LogP) is 2.78. The van der Waals surface area contributed by atoms with Gasteiger partial charge in [-0.25, -0.2) is 0 Å². The Morgan fingerprint density at radius 2 is 2.00 bits per heavy atom. The van der Waals surface area contributed by atoms with Crippen LogP contribution in [0, 0.1) is 11.3 Å². The van der Waals surface area contributed by atoms with Crippen molar-refractivity contribution in [3.05, 3.63) is 0 Å². The van der Waals surface area contributed by atoms with Gasteiger partial charge in [-0.15, -0.1) is 0 Å². The molecule has 1 saturated heterocycles. The number of methoxy groups -OCH3 is 1. The van der Waals surface area contributed by atoms with Crippen LogP contribution in [0.5, 0.6) is 0 Å². The Morgan fingerprint density at radius 1 is 1.33 bits per heavy atom. The van der Waals surface area contributed by atoms with Crippen LogP contribution in [-0.4, -0.2) is 38.3 Å². The van der Waals surface area contributed by atoms with Crippen molar-refractivity contribution in [2.75, 3.05) is 33.4 Å². The molecule has 0 spiro atoms. The van der Waals surface area contributed by atoms with Crippen LogP contribution < -0.4 is 0 Å². The van der Waals surface area contributed by atoms with E-state index in [0.717, 1.165) is 19.1 Å². The minimum absolute atomic E-state index is 0.628. The third kappa shape index (κ3) is 3.46. The first-order valence-electron chi connectivity index (χ1n) is 6.37. The van der Waals surface area contributed by atoms with Crippen LogP contribution >= 0.6 is 0 Å². The van der Waals surface area contributed by atoms with Crippen LogP contribution in [0.25, 0.3) is 0 Å². The molecule has 1 fully saturated rings. The van der Waals surface area contributed by atoms with E-state index in [9.17, 15) is 0 Å². The fourth-order valence-electron chi connectivity index (χ4n) is 2.66. The second-order valence-electron chi connectivity index (χ2n) is 5.27. The molecule has 1 rings (SSSR count). The zero-order valence-corrected chi connectivity index (χ0v) is 10.9. The maximum Gasteiger partial charge on any atom is 0.0589 e. The second-order valence-corrected chi connectivity index (χ2v) is 5.27. The highest BCUT2D eigenvalue weighted by Gasteiger charge is 2.41. The Bertz CT molecular complexity index is 175. The highest BCUT2D eigenvalue weighted by Crippen LogP contribution is 2.40. The summed E-state index contributed by atoms with van der Waals surface area (Å²) in [5, 5.41) is 0. The molecule has 0 radical (unpaired) electrons. The van der Waals surface area contributed by atoms with Crippen molar-refractivity contribution in [2.45, 2.75) is 40.0 Å². The van der Waals surface area contributed by atoms with E-state index < -0.39 is 0 Å². The van der Waals surface area contributed by atoms with Gasteiger partial charge in [-0.2, -0.15) is 0 Å². The summed E-state index contributed by atoms with van der Waals surface area (Å²) >= 11 is 0. The largest absolute Gasteiger partial charge is 0.383 e. The minimum Gasteiger partial charge on any atom is -0.383 e. The molecule has 0 saturated carbocycles. The third-order valence-electron chi connectivity index (χ3n) is 3.96. The number of likely N-dealkylation sites (tertiary alicyclic amines) is 1. The molecule has 90 valence electrons. The van der Waals surface area contributed by atoms with Crippen molar-refractivity contribution in [1.29, 1.82) is 0 Å². The van der Waals surface area contributed by atoms with E-state index in [1.807, 2.05) is 0 Å². The number of hydrogen-bond acceptors (Lipinski definition) is 2. The van der Waals surface area contributed by atoms with Gasteiger partial charge in [0.2, 0.25) is 0 Å². The number of ether oxygens (including phenoxy) is 1. The second kappa shape index (κ2) is 5.86. The lowest BCUT2D eigenvalue weighted by Crippen LogP contribution is -2.57. The Balaban J connectivity index is 2.28. The van der Waals surface area contributed by atoms with Crippen molar-refractivity contribution < 1.29 is 4.74 Å². The zero-order chi connectivity index (χ0) is 11.3. The van der Waals surface area contributed by atoms with E-state index in [0.29, 0.717) is 5.41 Å². The lowest BCUT2D eigenvalue weighted by molar-refractivity contribution is -0.0317. The first-order valence-corrected chi connectivity index (χ1v) is 6.37. The van der Waals surface area contributed by atoms with Gasteiger partial charge in [0, 0.05) is 26.7 Å². The summed E-state index contributed by atoms with van der Waals surface area (Å²) in [6.45, 7) is 11.6. The molecule has 1 unspecified atom stereocenters. The number of hydrogen-bond donors (Lipinski definition) is 0. The van der Waals surface area contributed by atoms with E-state index in [-0.39, 0.29) is 0 Å². The summed E-state index contributed by atoms with van der Waals surface area (Å²) in [5.74, 6) is 0.884. The van der Waals surface area contributed by atoms with Gasteiger partial charge in [0.05, 0.1) is 6.61 Å². The summed E-state index contributed by atoms with van der Waals surface area (Å²) in [5.41, 5.74) is 0.628. The smallest absolute Gasteiger partial charge is 0.0589 e. The topological polar surface area (TPSA) is 12.5 Å². The average molecular weight is 213 g/mol. The van der Waals surface area contributed by atoms with E-state index >= 15 is 0 Å². The minimum atomic E-state index is 0.628. The van der Waals surface area contributed by atoms with Crippen molar-refractivity contribution in [3.8, 4) is 0 Å². The lowest BCUT2D eigenvalue weighted by atomic mass is 9.71. The van der Waals surface area contributed by atoms with E-state index in [1.54, 1.807) is 7.11 Å². The average Bonchev–Trinajstić information content (AvgIpc) is 2.20. The van der Waals surface area contributed by atoms with Gasteiger partial charge in [0.1, 0.15) is 0 Å². The molecule has 0 amide bonds. The molecule has 1 aliphatic rings. The molecular weight excluding hydrogens is 186 g/mol. The van der Waals surface area contributed by atoms with Gasteiger partial charge in [-0.3, -0.25) is 4.90 Å². The molecule has 0 aliphatic carbocycles. The number of rotatable bonds is 7. The summed E-state index contributed by atoms with van der Waals surface area (Å²) in [7, 11) is 1.78. The fourth-order valence-corrected chi connectivity index (χ4v) is 2.66. The van der Waals surface area contributed by atoms with Gasteiger partial charge < -0.3 is 4.74 Å². The fraction of sp³-hybridized carbons (Fsp3) is 1.00. The van der Waals surface area contributed by atoms with E-state index in [1.165, 1.54) is 32.4 Å². The monoisotopic (exact) mass is 213 g/mol. The molecule has 0 bridgehead atoms. The van der Waals surface area contributed by atoms with Crippen LogP contribution in [0.15, 0.2) is 0 Å². The van der Waals surface area contributed by atoms with Crippen molar-refractivity contribution in [3.63, 3.8) is 0 Å². The van der Waals surface area contributed by atoms with Crippen LogP contribution in [0.3, 0.4) is 0 Å². The maximum absolute atomic E-state index is 5.11. The molecule has 2 heteroatoms. The Hall–Kier alpha value is -0.0800. The van der Waals surface area contributed by atoms with Crippen molar-refractivity contribution in [2.24, 2.45) is 11.3 Å². The molecule has 0 N–H and O–H groups in total. The molecular formula is C13H27NO. The van der Waals surface area contributed by atoms with Gasteiger partial charge in [0.25, 0.3) is 0 Å². The quantitative estimate of drug-likeness (QED) is 0.645. The molecule has 0 aromatic carbocycles. The maximum atomic E-state index is 5.11. The highest BCUT2D eigenvalue weighted by molar-refractivity contribution is 4.94. The van der Waals surface area contributed by atoms with Gasteiger partial charge >= 0.3 is 0 Å². The molecule has 0 aromatic rings. The van der Waals surface area contributed by atoms with Crippen molar-refractivity contribution >= 4 is 0 Å². The Morgan fingerprint density at radius 3 is 2.47 bits per heavy atom. The lowest BCUT2D eigenvalue weighted by Gasteiger charge is -2.51. The normalized spacial score (nSPS) is 22.4. The standard InChI is InChI=1S/C13H27NO/c1-5-12(3)9-13(6-2)10-14(11-13)7-8-15-4/h12H,5-11H2,1-4H3. The Labute approximate surface area is 95.0 Å². The first kappa shape index (κ1) is 13.0. The molecule has 2 nitrogen and oxygen atoms in total. The molecule has 1 heterocycles. The molecule has 15 heavy (non-hydrogen) atoms. The summed E-state index contributed by atoms with van der Waals surface area (Å²) in [6, 6.07) is 0. The first-order chi connectivity index (χ1) is 7.15.